The van der Waals surface area contributed by atoms with Crippen LogP contribution in [0.1, 0.15) is 5.69 Å². The average molecular weight is 214 g/mol. The molecular weight excluding hydrogens is 204 g/mol. The molecule has 16 heavy (non-hydrogen) atoms. The number of ether oxygens (including phenoxy) is 1. The highest BCUT2D eigenvalue weighted by Crippen LogP contribution is 2.19. The summed E-state index contributed by atoms with van der Waals surface area (Å²) in [6.07, 6.45) is 2.83. The SMILES string of the molecule is ON=Cc1ccc(Oc2ccccc2)cn1. The van der Waals surface area contributed by atoms with Gasteiger partial charge in [0.15, 0.2) is 0 Å². The normalized spacial score (nSPS) is 10.5. The minimum absolute atomic E-state index is 0.572. The van der Waals surface area contributed by atoms with Crippen molar-refractivity contribution in [3.05, 3.63) is 54.4 Å². The smallest absolute Gasteiger partial charge is 0.145 e. The Kier molecular flexibility index (Phi) is 3.13. The molecule has 0 saturated heterocycles. The van der Waals surface area contributed by atoms with E-state index in [4.69, 9.17) is 9.94 Å². The Hall–Kier alpha value is -2.36. The van der Waals surface area contributed by atoms with Gasteiger partial charge >= 0.3 is 0 Å². The first-order valence-corrected chi connectivity index (χ1v) is 4.75. The maximum absolute atomic E-state index is 8.32. The fourth-order valence-electron chi connectivity index (χ4n) is 1.21. The quantitative estimate of drug-likeness (QED) is 0.485. The van der Waals surface area contributed by atoms with Crippen LogP contribution in [0.4, 0.5) is 0 Å². The number of rotatable bonds is 3. The number of nitrogens with zero attached hydrogens (tertiary/aromatic N) is 2. The summed E-state index contributed by atoms with van der Waals surface area (Å²) in [5, 5.41) is 11.2. The largest absolute Gasteiger partial charge is 0.456 e. The van der Waals surface area contributed by atoms with Crippen molar-refractivity contribution in [1.29, 1.82) is 0 Å². The summed E-state index contributed by atoms with van der Waals surface area (Å²) in [6.45, 7) is 0. The standard InChI is InChI=1S/C12H10N2O2/c15-14-8-10-6-7-12(9-13-10)16-11-4-2-1-3-5-11/h1-9,15H. The van der Waals surface area contributed by atoms with Crippen molar-refractivity contribution < 1.29 is 9.94 Å². The van der Waals surface area contributed by atoms with Crippen LogP contribution in [-0.4, -0.2) is 16.4 Å². The van der Waals surface area contributed by atoms with Crippen LogP contribution in [0, 0.1) is 0 Å². The van der Waals surface area contributed by atoms with E-state index in [0.717, 1.165) is 5.75 Å². The highest BCUT2D eigenvalue weighted by Gasteiger charge is 1.96. The monoisotopic (exact) mass is 214 g/mol. The van der Waals surface area contributed by atoms with E-state index in [1.54, 1.807) is 18.3 Å². The first-order valence-electron chi connectivity index (χ1n) is 4.75. The van der Waals surface area contributed by atoms with Crippen molar-refractivity contribution >= 4 is 6.21 Å². The lowest BCUT2D eigenvalue weighted by Crippen LogP contribution is -1.89. The van der Waals surface area contributed by atoms with E-state index >= 15 is 0 Å². The van der Waals surface area contributed by atoms with Gasteiger partial charge in [0.05, 0.1) is 18.1 Å². The third-order valence-corrected chi connectivity index (χ3v) is 1.93. The van der Waals surface area contributed by atoms with Crippen molar-refractivity contribution in [2.75, 3.05) is 0 Å². The van der Waals surface area contributed by atoms with E-state index in [9.17, 15) is 0 Å². The summed E-state index contributed by atoms with van der Waals surface area (Å²) in [4.78, 5) is 4.03. The number of pyridine rings is 1. The van der Waals surface area contributed by atoms with Gasteiger partial charge in [-0.15, -0.1) is 0 Å². The highest BCUT2D eigenvalue weighted by atomic mass is 16.5. The molecule has 0 atom stereocenters. The maximum Gasteiger partial charge on any atom is 0.145 e. The molecule has 1 aromatic carbocycles. The van der Waals surface area contributed by atoms with Crippen LogP contribution in [0.2, 0.25) is 0 Å². The van der Waals surface area contributed by atoms with Crippen molar-refractivity contribution in [2.24, 2.45) is 5.16 Å². The van der Waals surface area contributed by atoms with E-state index in [1.807, 2.05) is 30.3 Å². The summed E-state index contributed by atoms with van der Waals surface area (Å²) in [5.74, 6) is 1.40. The molecule has 0 fully saturated rings. The zero-order valence-electron chi connectivity index (χ0n) is 8.45. The van der Waals surface area contributed by atoms with Crippen LogP contribution < -0.4 is 4.74 Å². The summed E-state index contributed by atoms with van der Waals surface area (Å²) in [6, 6.07) is 12.9. The zero-order chi connectivity index (χ0) is 11.2. The Balaban J connectivity index is 2.11. The average Bonchev–Trinajstić information content (AvgIpc) is 2.33. The van der Waals surface area contributed by atoms with Crippen LogP contribution in [0.3, 0.4) is 0 Å². The second-order valence-corrected chi connectivity index (χ2v) is 3.08. The van der Waals surface area contributed by atoms with Gasteiger partial charge in [0.25, 0.3) is 0 Å². The highest BCUT2D eigenvalue weighted by molar-refractivity contribution is 5.76. The Labute approximate surface area is 92.8 Å². The lowest BCUT2D eigenvalue weighted by atomic mass is 10.3. The van der Waals surface area contributed by atoms with Crippen molar-refractivity contribution in [3.63, 3.8) is 0 Å². The Morgan fingerprint density at radius 1 is 1.06 bits per heavy atom. The maximum atomic E-state index is 8.32. The van der Waals surface area contributed by atoms with E-state index in [1.165, 1.54) is 6.21 Å². The summed E-state index contributed by atoms with van der Waals surface area (Å²) in [5.41, 5.74) is 0.572. The van der Waals surface area contributed by atoms with Gasteiger partial charge in [0.2, 0.25) is 0 Å². The first-order chi connectivity index (χ1) is 7.88. The summed E-state index contributed by atoms with van der Waals surface area (Å²) in [7, 11) is 0. The van der Waals surface area contributed by atoms with Crippen LogP contribution in [-0.2, 0) is 0 Å². The van der Waals surface area contributed by atoms with Crippen molar-refractivity contribution in [3.8, 4) is 11.5 Å². The molecule has 1 N–H and O–H groups in total. The van der Waals surface area contributed by atoms with Gasteiger partial charge in [-0.25, -0.2) is 0 Å². The third-order valence-electron chi connectivity index (χ3n) is 1.93. The molecule has 4 nitrogen and oxygen atoms in total. The molecule has 2 rings (SSSR count). The molecule has 0 spiro atoms. The summed E-state index contributed by atoms with van der Waals surface area (Å²) < 4.78 is 5.54. The molecule has 4 heteroatoms. The number of aromatic nitrogens is 1. The van der Waals surface area contributed by atoms with E-state index in [-0.39, 0.29) is 0 Å². The molecule has 0 amide bonds. The van der Waals surface area contributed by atoms with E-state index < -0.39 is 0 Å². The number of hydrogen-bond donors (Lipinski definition) is 1. The van der Waals surface area contributed by atoms with Crippen LogP contribution in [0.5, 0.6) is 11.5 Å². The predicted molar refractivity (Wildman–Crippen MR) is 60.1 cm³/mol. The Bertz CT molecular complexity index is 466. The fourth-order valence-corrected chi connectivity index (χ4v) is 1.21. The molecule has 0 aliphatic carbocycles. The molecule has 0 aliphatic heterocycles. The first kappa shape index (κ1) is 10.2. The molecule has 0 bridgehead atoms. The lowest BCUT2D eigenvalue weighted by Gasteiger charge is -2.04. The lowest BCUT2D eigenvalue weighted by molar-refractivity contribution is 0.321. The van der Waals surface area contributed by atoms with Gasteiger partial charge < -0.3 is 9.94 Å². The Morgan fingerprint density at radius 3 is 2.50 bits per heavy atom. The molecule has 0 unspecified atom stereocenters. The molecule has 1 aromatic heterocycles. The number of para-hydroxylation sites is 1. The van der Waals surface area contributed by atoms with Crippen molar-refractivity contribution in [2.45, 2.75) is 0 Å². The second-order valence-electron chi connectivity index (χ2n) is 3.08. The molecule has 0 saturated carbocycles. The molecule has 80 valence electrons. The fraction of sp³-hybridized carbons (Fsp3) is 0. The third kappa shape index (κ3) is 2.57. The van der Waals surface area contributed by atoms with Crippen LogP contribution >= 0.6 is 0 Å². The number of benzene rings is 1. The van der Waals surface area contributed by atoms with Crippen LogP contribution in [0.15, 0.2) is 53.8 Å². The Morgan fingerprint density at radius 2 is 1.88 bits per heavy atom. The van der Waals surface area contributed by atoms with Gasteiger partial charge in [-0.05, 0) is 24.3 Å². The van der Waals surface area contributed by atoms with E-state index in [0.29, 0.717) is 11.4 Å². The second kappa shape index (κ2) is 4.93. The minimum atomic E-state index is 0.572. The molecule has 0 aliphatic rings. The van der Waals surface area contributed by atoms with Gasteiger partial charge in [-0.3, -0.25) is 4.98 Å². The zero-order valence-corrected chi connectivity index (χ0v) is 8.45. The molecular formula is C12H10N2O2. The predicted octanol–water partition coefficient (Wildman–Crippen LogP) is 2.68. The molecule has 1 heterocycles. The number of hydrogen-bond acceptors (Lipinski definition) is 4. The molecule has 0 radical (unpaired) electrons. The minimum Gasteiger partial charge on any atom is -0.456 e. The number of oxime groups is 1. The van der Waals surface area contributed by atoms with Crippen LogP contribution in [0.25, 0.3) is 0 Å². The van der Waals surface area contributed by atoms with Gasteiger partial charge in [-0.2, -0.15) is 0 Å². The summed E-state index contributed by atoms with van der Waals surface area (Å²) >= 11 is 0. The van der Waals surface area contributed by atoms with Crippen molar-refractivity contribution in [1.82, 2.24) is 4.98 Å². The van der Waals surface area contributed by atoms with Gasteiger partial charge in [0.1, 0.15) is 11.5 Å². The van der Waals surface area contributed by atoms with E-state index in [2.05, 4.69) is 10.1 Å². The topological polar surface area (TPSA) is 54.7 Å². The van der Waals surface area contributed by atoms with Gasteiger partial charge in [0, 0.05) is 0 Å². The molecule has 2 aromatic rings. The van der Waals surface area contributed by atoms with Gasteiger partial charge in [-0.1, -0.05) is 23.4 Å².